The number of oxime groups is 1. The van der Waals surface area contributed by atoms with Crippen LogP contribution in [-0.4, -0.2) is 5.71 Å². The van der Waals surface area contributed by atoms with Crippen LogP contribution in [0.3, 0.4) is 0 Å². The van der Waals surface area contributed by atoms with E-state index in [0.29, 0.717) is 0 Å². The monoisotopic (exact) mass is 228 g/mol. The van der Waals surface area contributed by atoms with Crippen LogP contribution >= 0.6 is 0 Å². The second kappa shape index (κ2) is 9.60. The third-order valence-corrected chi connectivity index (χ3v) is 3.14. The van der Waals surface area contributed by atoms with Crippen LogP contribution in [0.2, 0.25) is 0 Å². The van der Waals surface area contributed by atoms with Gasteiger partial charge in [-0.15, -0.1) is 0 Å². The van der Waals surface area contributed by atoms with E-state index in [1.165, 1.54) is 57.8 Å². The summed E-state index contributed by atoms with van der Waals surface area (Å²) < 4.78 is 0. The minimum absolute atomic E-state index is 1.02. The van der Waals surface area contributed by atoms with Crippen molar-refractivity contribution in [2.24, 2.45) is 11.1 Å². The minimum Gasteiger partial charge on any atom is -0.202 e. The predicted octanol–water partition coefficient (Wildman–Crippen LogP) is 3.47. The number of nitrogens with zero attached hydrogens (tertiary/aromatic N) is 1. The van der Waals surface area contributed by atoms with Crippen molar-refractivity contribution >= 4 is 5.71 Å². The SMILES string of the molecule is NOON=C1CCCCCCCCCCC1. The Morgan fingerprint density at radius 3 is 1.62 bits per heavy atom. The zero-order valence-electron chi connectivity index (χ0n) is 10.1. The average Bonchev–Trinajstić information content (AvgIpc) is 2.28. The fraction of sp³-hybridized carbons (Fsp3) is 0.917. The van der Waals surface area contributed by atoms with Crippen molar-refractivity contribution in [3.63, 3.8) is 0 Å². The number of hydrogen-bond acceptors (Lipinski definition) is 4. The van der Waals surface area contributed by atoms with Crippen LogP contribution in [0, 0.1) is 0 Å². The molecule has 0 atom stereocenters. The van der Waals surface area contributed by atoms with Crippen molar-refractivity contribution in [2.45, 2.75) is 70.6 Å². The van der Waals surface area contributed by atoms with Gasteiger partial charge in [0.25, 0.3) is 0 Å². The fourth-order valence-electron chi connectivity index (χ4n) is 2.19. The van der Waals surface area contributed by atoms with Gasteiger partial charge in [0.05, 0.1) is 5.71 Å². The lowest BCUT2D eigenvalue weighted by molar-refractivity contribution is -0.301. The molecule has 1 fully saturated rings. The molecule has 1 aliphatic carbocycles. The Morgan fingerprint density at radius 1 is 0.750 bits per heavy atom. The second-order valence-electron chi connectivity index (χ2n) is 4.51. The van der Waals surface area contributed by atoms with Gasteiger partial charge in [-0.1, -0.05) is 55.1 Å². The molecule has 0 aliphatic heterocycles. The number of rotatable bonds is 2. The maximum Gasteiger partial charge on any atom is 0.0613 e. The van der Waals surface area contributed by atoms with Crippen molar-refractivity contribution in [1.29, 1.82) is 0 Å². The molecule has 0 unspecified atom stereocenters. The molecule has 1 saturated carbocycles. The topological polar surface area (TPSA) is 56.8 Å². The van der Waals surface area contributed by atoms with Gasteiger partial charge in [0, 0.05) is 0 Å². The lowest BCUT2D eigenvalue weighted by Gasteiger charge is -2.08. The predicted molar refractivity (Wildman–Crippen MR) is 64.6 cm³/mol. The molecule has 4 heteroatoms. The molecular formula is C12H24N2O2. The Labute approximate surface area is 98.0 Å². The third-order valence-electron chi connectivity index (χ3n) is 3.14. The molecule has 94 valence electrons. The second-order valence-corrected chi connectivity index (χ2v) is 4.51. The quantitative estimate of drug-likeness (QED) is 0.581. The summed E-state index contributed by atoms with van der Waals surface area (Å²) in [5.41, 5.74) is 1.09. The van der Waals surface area contributed by atoms with Gasteiger partial charge in [-0.2, -0.15) is 5.90 Å². The van der Waals surface area contributed by atoms with Gasteiger partial charge < -0.3 is 0 Å². The number of nitrogens with two attached hydrogens (primary N) is 1. The van der Waals surface area contributed by atoms with Crippen LogP contribution in [0.1, 0.15) is 70.6 Å². The fourth-order valence-corrected chi connectivity index (χ4v) is 2.19. The maximum absolute atomic E-state index is 4.79. The van der Waals surface area contributed by atoms with Gasteiger partial charge >= 0.3 is 0 Å². The van der Waals surface area contributed by atoms with E-state index in [0.717, 1.165) is 18.6 Å². The molecule has 1 rings (SSSR count). The lowest BCUT2D eigenvalue weighted by atomic mass is 10.00. The summed E-state index contributed by atoms with van der Waals surface area (Å²) in [4.78, 5) is 8.49. The maximum atomic E-state index is 4.79. The zero-order chi connectivity index (χ0) is 11.5. The summed E-state index contributed by atoms with van der Waals surface area (Å²) in [5, 5.41) is 3.90. The van der Waals surface area contributed by atoms with Crippen molar-refractivity contribution in [3.8, 4) is 0 Å². The molecule has 0 radical (unpaired) electrons. The van der Waals surface area contributed by atoms with E-state index in [1.54, 1.807) is 0 Å². The highest BCUT2D eigenvalue weighted by Crippen LogP contribution is 2.15. The largest absolute Gasteiger partial charge is 0.202 e. The van der Waals surface area contributed by atoms with Gasteiger partial charge in [0.1, 0.15) is 0 Å². The van der Waals surface area contributed by atoms with E-state index in [2.05, 4.69) is 15.1 Å². The van der Waals surface area contributed by atoms with Crippen LogP contribution < -0.4 is 5.90 Å². The lowest BCUT2D eigenvalue weighted by Crippen LogP contribution is -2.03. The molecule has 0 spiro atoms. The summed E-state index contributed by atoms with van der Waals surface area (Å²) >= 11 is 0. The Morgan fingerprint density at radius 2 is 1.19 bits per heavy atom. The molecule has 0 aromatic heterocycles. The molecule has 0 heterocycles. The molecule has 16 heavy (non-hydrogen) atoms. The average molecular weight is 228 g/mol. The van der Waals surface area contributed by atoms with Crippen LogP contribution in [0.5, 0.6) is 0 Å². The van der Waals surface area contributed by atoms with E-state index < -0.39 is 0 Å². The van der Waals surface area contributed by atoms with Crippen LogP contribution in [0.4, 0.5) is 0 Å². The zero-order valence-corrected chi connectivity index (χ0v) is 10.1. The first-order chi connectivity index (χ1) is 7.93. The van der Waals surface area contributed by atoms with Crippen molar-refractivity contribution in [3.05, 3.63) is 0 Å². The first-order valence-corrected chi connectivity index (χ1v) is 6.52. The Balaban J connectivity index is 2.30. The van der Waals surface area contributed by atoms with Gasteiger partial charge in [-0.25, -0.2) is 4.99 Å². The summed E-state index contributed by atoms with van der Waals surface area (Å²) in [6.45, 7) is 0. The Kier molecular flexibility index (Phi) is 8.08. The highest BCUT2D eigenvalue weighted by Gasteiger charge is 2.03. The summed E-state index contributed by atoms with van der Waals surface area (Å²) in [6, 6.07) is 0. The normalized spacial score (nSPS) is 20.7. The standard InChI is InChI=1S/C12H24N2O2/c13-15-16-14-12-10-8-6-4-2-1-3-5-7-9-11-12/h1-11,13H2. The molecule has 0 amide bonds. The Bertz CT molecular complexity index is 181. The third kappa shape index (κ3) is 6.80. The molecule has 4 nitrogen and oxygen atoms in total. The highest BCUT2D eigenvalue weighted by atomic mass is 17.3. The summed E-state index contributed by atoms with van der Waals surface area (Å²) in [7, 11) is 0. The summed E-state index contributed by atoms with van der Waals surface area (Å²) in [6.07, 6.45) is 13.9. The van der Waals surface area contributed by atoms with Gasteiger partial charge in [0.15, 0.2) is 0 Å². The van der Waals surface area contributed by atoms with Crippen molar-refractivity contribution < 1.29 is 9.98 Å². The van der Waals surface area contributed by atoms with E-state index in [-0.39, 0.29) is 0 Å². The molecule has 0 saturated heterocycles. The molecule has 2 N–H and O–H groups in total. The molecule has 0 aromatic carbocycles. The van der Waals surface area contributed by atoms with E-state index in [9.17, 15) is 0 Å². The first-order valence-electron chi connectivity index (χ1n) is 6.52. The van der Waals surface area contributed by atoms with Crippen LogP contribution in [0.25, 0.3) is 0 Å². The Hall–Kier alpha value is -0.610. The highest BCUT2D eigenvalue weighted by molar-refractivity contribution is 5.83. The van der Waals surface area contributed by atoms with Gasteiger partial charge in [-0.05, 0) is 25.7 Å². The van der Waals surface area contributed by atoms with E-state index in [4.69, 9.17) is 5.90 Å². The molecular weight excluding hydrogens is 204 g/mol. The van der Waals surface area contributed by atoms with E-state index >= 15 is 0 Å². The van der Waals surface area contributed by atoms with E-state index in [1.807, 2.05) is 0 Å². The van der Waals surface area contributed by atoms with Crippen LogP contribution in [-0.2, 0) is 9.98 Å². The minimum atomic E-state index is 1.02. The van der Waals surface area contributed by atoms with Gasteiger partial charge in [-0.3, -0.25) is 0 Å². The molecule has 0 aromatic rings. The van der Waals surface area contributed by atoms with Crippen molar-refractivity contribution in [2.75, 3.05) is 0 Å². The van der Waals surface area contributed by atoms with Crippen LogP contribution in [0.15, 0.2) is 5.16 Å². The van der Waals surface area contributed by atoms with Crippen molar-refractivity contribution in [1.82, 2.24) is 0 Å². The smallest absolute Gasteiger partial charge is 0.0613 e. The molecule has 0 bridgehead atoms. The number of hydrogen-bond donors (Lipinski definition) is 1. The van der Waals surface area contributed by atoms with Gasteiger partial charge in [0.2, 0.25) is 0 Å². The first kappa shape index (κ1) is 13.5. The summed E-state index contributed by atoms with van der Waals surface area (Å²) in [5.74, 6) is 4.79. The molecule has 1 aliphatic rings.